The van der Waals surface area contributed by atoms with Gasteiger partial charge in [-0.3, -0.25) is 0 Å². The molecule has 0 aliphatic carbocycles. The third-order valence-electron chi connectivity index (χ3n) is 2.95. The molecule has 0 saturated heterocycles. The number of nitrogens with one attached hydrogen (secondary N) is 1. The van der Waals surface area contributed by atoms with Crippen LogP contribution in [0.5, 0.6) is 0 Å². The van der Waals surface area contributed by atoms with Crippen molar-refractivity contribution in [3.8, 4) is 0 Å². The zero-order chi connectivity index (χ0) is 9.97. The van der Waals surface area contributed by atoms with E-state index in [2.05, 4.69) is 49.5 Å². The molecule has 1 N–H and O–H groups in total. The standard InChI is InChI=1S/C13H17N/c1-10-6-7-12(9-11(10)2)13-5-3-4-8-14-13/h3-4,6-7,9,13-14H,5,8H2,1-2H3. The first-order chi connectivity index (χ1) is 6.77. The van der Waals surface area contributed by atoms with Crippen molar-refractivity contribution >= 4 is 0 Å². The van der Waals surface area contributed by atoms with Crippen molar-refractivity contribution in [3.63, 3.8) is 0 Å². The topological polar surface area (TPSA) is 12.0 Å². The molecule has 1 atom stereocenters. The Bertz CT molecular complexity index is 352. The van der Waals surface area contributed by atoms with Gasteiger partial charge in [0, 0.05) is 12.6 Å². The van der Waals surface area contributed by atoms with Crippen LogP contribution in [0.3, 0.4) is 0 Å². The van der Waals surface area contributed by atoms with Crippen molar-refractivity contribution in [2.45, 2.75) is 26.3 Å². The highest BCUT2D eigenvalue weighted by Crippen LogP contribution is 2.21. The lowest BCUT2D eigenvalue weighted by Gasteiger charge is -2.20. The molecular weight excluding hydrogens is 170 g/mol. The highest BCUT2D eigenvalue weighted by atomic mass is 14.9. The number of hydrogen-bond acceptors (Lipinski definition) is 1. The van der Waals surface area contributed by atoms with Crippen LogP contribution < -0.4 is 5.32 Å². The highest BCUT2D eigenvalue weighted by Gasteiger charge is 2.11. The van der Waals surface area contributed by atoms with Crippen LogP contribution in [0.2, 0.25) is 0 Å². The van der Waals surface area contributed by atoms with Gasteiger partial charge in [0.25, 0.3) is 0 Å². The highest BCUT2D eigenvalue weighted by molar-refractivity contribution is 5.32. The van der Waals surface area contributed by atoms with Gasteiger partial charge in [-0.1, -0.05) is 30.4 Å². The average molecular weight is 187 g/mol. The summed E-state index contributed by atoms with van der Waals surface area (Å²) in [5.41, 5.74) is 4.18. The fourth-order valence-electron chi connectivity index (χ4n) is 1.84. The van der Waals surface area contributed by atoms with E-state index < -0.39 is 0 Å². The number of rotatable bonds is 1. The van der Waals surface area contributed by atoms with E-state index >= 15 is 0 Å². The largest absolute Gasteiger partial charge is 0.306 e. The second kappa shape index (κ2) is 3.97. The van der Waals surface area contributed by atoms with Crippen molar-refractivity contribution in [1.82, 2.24) is 5.32 Å². The molecule has 1 heteroatoms. The Kier molecular flexibility index (Phi) is 2.69. The first-order valence-electron chi connectivity index (χ1n) is 5.23. The van der Waals surface area contributed by atoms with Gasteiger partial charge in [0.05, 0.1) is 0 Å². The quantitative estimate of drug-likeness (QED) is 0.667. The van der Waals surface area contributed by atoms with Gasteiger partial charge in [0.1, 0.15) is 0 Å². The van der Waals surface area contributed by atoms with Crippen LogP contribution in [0.15, 0.2) is 30.4 Å². The normalized spacial score (nSPS) is 21.1. The molecule has 1 unspecified atom stereocenters. The maximum atomic E-state index is 3.50. The summed E-state index contributed by atoms with van der Waals surface area (Å²) in [4.78, 5) is 0. The maximum Gasteiger partial charge on any atom is 0.0357 e. The smallest absolute Gasteiger partial charge is 0.0357 e. The van der Waals surface area contributed by atoms with Crippen molar-refractivity contribution in [1.29, 1.82) is 0 Å². The van der Waals surface area contributed by atoms with Crippen molar-refractivity contribution < 1.29 is 0 Å². The van der Waals surface area contributed by atoms with E-state index in [9.17, 15) is 0 Å². The maximum absolute atomic E-state index is 3.50. The van der Waals surface area contributed by atoms with Gasteiger partial charge in [-0.05, 0) is 37.0 Å². The Morgan fingerprint density at radius 1 is 1.14 bits per heavy atom. The average Bonchev–Trinajstić information content (AvgIpc) is 2.23. The van der Waals surface area contributed by atoms with Gasteiger partial charge in [0.15, 0.2) is 0 Å². The van der Waals surface area contributed by atoms with Crippen LogP contribution in [-0.2, 0) is 0 Å². The lowest BCUT2D eigenvalue weighted by molar-refractivity contribution is 0.554. The lowest BCUT2D eigenvalue weighted by Crippen LogP contribution is -2.23. The molecule has 1 heterocycles. The van der Waals surface area contributed by atoms with E-state index in [4.69, 9.17) is 0 Å². The minimum atomic E-state index is 0.513. The van der Waals surface area contributed by atoms with Crippen molar-refractivity contribution in [2.24, 2.45) is 0 Å². The molecule has 0 radical (unpaired) electrons. The fourth-order valence-corrected chi connectivity index (χ4v) is 1.84. The van der Waals surface area contributed by atoms with Crippen LogP contribution in [0.1, 0.15) is 29.2 Å². The molecule has 14 heavy (non-hydrogen) atoms. The SMILES string of the molecule is Cc1ccc(C2CC=CCN2)cc1C. The van der Waals surface area contributed by atoms with E-state index in [1.165, 1.54) is 16.7 Å². The molecule has 74 valence electrons. The third kappa shape index (κ3) is 1.88. The molecule has 0 spiro atoms. The van der Waals surface area contributed by atoms with Crippen LogP contribution in [-0.4, -0.2) is 6.54 Å². The van der Waals surface area contributed by atoms with Gasteiger partial charge in [-0.2, -0.15) is 0 Å². The number of benzene rings is 1. The van der Waals surface area contributed by atoms with E-state index in [0.29, 0.717) is 6.04 Å². The molecule has 1 aromatic carbocycles. The molecule has 0 amide bonds. The van der Waals surface area contributed by atoms with Gasteiger partial charge in [0.2, 0.25) is 0 Å². The first-order valence-corrected chi connectivity index (χ1v) is 5.23. The molecule has 2 rings (SSSR count). The summed E-state index contributed by atoms with van der Waals surface area (Å²) in [6, 6.07) is 7.26. The summed E-state index contributed by atoms with van der Waals surface area (Å²) in [7, 11) is 0. The molecule has 0 aromatic heterocycles. The molecule has 0 saturated carbocycles. The second-order valence-electron chi connectivity index (χ2n) is 4.01. The minimum absolute atomic E-state index is 0.513. The lowest BCUT2D eigenvalue weighted by atomic mass is 9.97. The van der Waals surface area contributed by atoms with Crippen LogP contribution >= 0.6 is 0 Å². The summed E-state index contributed by atoms with van der Waals surface area (Å²) in [5, 5.41) is 3.50. The van der Waals surface area contributed by atoms with Gasteiger partial charge in [-0.25, -0.2) is 0 Å². The van der Waals surface area contributed by atoms with E-state index in [1.807, 2.05) is 0 Å². The number of hydrogen-bond donors (Lipinski definition) is 1. The van der Waals surface area contributed by atoms with Crippen LogP contribution in [0.4, 0.5) is 0 Å². The zero-order valence-electron chi connectivity index (χ0n) is 8.88. The molecule has 1 nitrogen and oxygen atoms in total. The second-order valence-corrected chi connectivity index (χ2v) is 4.01. The molecule has 0 bridgehead atoms. The summed E-state index contributed by atoms with van der Waals surface area (Å²) in [6.07, 6.45) is 5.57. The summed E-state index contributed by atoms with van der Waals surface area (Å²) in [6.45, 7) is 5.34. The van der Waals surface area contributed by atoms with Crippen LogP contribution in [0, 0.1) is 13.8 Å². The van der Waals surface area contributed by atoms with Crippen LogP contribution in [0.25, 0.3) is 0 Å². The Balaban J connectivity index is 2.23. The molecule has 1 aliphatic heterocycles. The van der Waals surface area contributed by atoms with Gasteiger partial charge in [-0.15, -0.1) is 0 Å². The summed E-state index contributed by atoms with van der Waals surface area (Å²) < 4.78 is 0. The summed E-state index contributed by atoms with van der Waals surface area (Å²) >= 11 is 0. The molecule has 1 aliphatic rings. The Labute approximate surface area is 85.8 Å². The van der Waals surface area contributed by atoms with Gasteiger partial charge < -0.3 is 5.32 Å². The third-order valence-corrected chi connectivity index (χ3v) is 2.95. The van der Waals surface area contributed by atoms with Crippen molar-refractivity contribution in [2.75, 3.05) is 6.54 Å². The first kappa shape index (κ1) is 9.47. The Morgan fingerprint density at radius 3 is 2.64 bits per heavy atom. The monoisotopic (exact) mass is 187 g/mol. The Morgan fingerprint density at radius 2 is 2.00 bits per heavy atom. The van der Waals surface area contributed by atoms with E-state index in [0.717, 1.165) is 13.0 Å². The zero-order valence-corrected chi connectivity index (χ0v) is 8.88. The molecule has 1 aromatic rings. The Hall–Kier alpha value is -1.08. The minimum Gasteiger partial charge on any atom is -0.306 e. The molecular formula is C13H17N. The van der Waals surface area contributed by atoms with Gasteiger partial charge >= 0.3 is 0 Å². The number of aryl methyl sites for hydroxylation is 2. The summed E-state index contributed by atoms with van der Waals surface area (Å²) in [5.74, 6) is 0. The van der Waals surface area contributed by atoms with Crippen molar-refractivity contribution in [3.05, 3.63) is 47.0 Å². The predicted molar refractivity (Wildman–Crippen MR) is 60.4 cm³/mol. The van der Waals surface area contributed by atoms with E-state index in [-0.39, 0.29) is 0 Å². The fraction of sp³-hybridized carbons (Fsp3) is 0.385. The predicted octanol–water partition coefficient (Wildman–Crippen LogP) is 2.89. The van der Waals surface area contributed by atoms with E-state index in [1.54, 1.807) is 0 Å². The molecule has 0 fully saturated rings.